The zero-order chi connectivity index (χ0) is 13.9. The molecule has 6 unspecified atom stereocenters. The van der Waals surface area contributed by atoms with Crippen LogP contribution in [-0.2, 0) is 9.13 Å². The molecule has 1 heterocycles. The topological polar surface area (TPSA) is 34.1 Å². The quantitative estimate of drug-likeness (QED) is 0.571. The molecule has 0 spiro atoms. The number of hydrogen-bond acceptors (Lipinski definition) is 2. The number of hydrogen-bond donors (Lipinski definition) is 0. The lowest BCUT2D eigenvalue weighted by Crippen LogP contribution is -2.16. The van der Waals surface area contributed by atoms with Gasteiger partial charge in [0.05, 0.1) is 0 Å². The van der Waals surface area contributed by atoms with Gasteiger partial charge in [-0.2, -0.15) is 0 Å². The Labute approximate surface area is 125 Å². The molecule has 0 bridgehead atoms. The molecule has 6 atom stereocenters. The van der Waals surface area contributed by atoms with E-state index in [0.29, 0.717) is 11.8 Å². The summed E-state index contributed by atoms with van der Waals surface area (Å²) < 4.78 is 24.8. The van der Waals surface area contributed by atoms with E-state index < -0.39 is 15.6 Å². The second-order valence-electron chi connectivity index (χ2n) is 7.26. The van der Waals surface area contributed by atoms with Crippen LogP contribution in [-0.4, -0.2) is 24.6 Å². The van der Waals surface area contributed by atoms with Crippen LogP contribution in [0.5, 0.6) is 0 Å². The molecular formula is C16H28O2P2+2. The zero-order valence-electron chi connectivity index (χ0n) is 12.5. The maximum absolute atomic E-state index is 12.4. The molecule has 0 aromatic rings. The number of rotatable bonds is 0. The molecule has 2 nitrogen and oxygen atoms in total. The summed E-state index contributed by atoms with van der Waals surface area (Å²) in [7, 11) is -1.95. The van der Waals surface area contributed by atoms with Crippen LogP contribution in [0.3, 0.4) is 0 Å². The summed E-state index contributed by atoms with van der Waals surface area (Å²) >= 11 is 0. The van der Waals surface area contributed by atoms with Crippen molar-refractivity contribution in [3.8, 4) is 0 Å². The lowest BCUT2D eigenvalue weighted by atomic mass is 9.95. The van der Waals surface area contributed by atoms with Crippen molar-refractivity contribution in [2.24, 2.45) is 23.7 Å². The van der Waals surface area contributed by atoms with Crippen LogP contribution >= 0.6 is 15.6 Å². The van der Waals surface area contributed by atoms with E-state index in [2.05, 4.69) is 0 Å². The first kappa shape index (κ1) is 15.1. The van der Waals surface area contributed by atoms with Gasteiger partial charge in [0.2, 0.25) is 0 Å². The Morgan fingerprint density at radius 1 is 0.550 bits per heavy atom. The highest BCUT2D eigenvalue weighted by Crippen LogP contribution is 2.46. The van der Waals surface area contributed by atoms with Crippen molar-refractivity contribution in [1.29, 1.82) is 0 Å². The van der Waals surface area contributed by atoms with E-state index in [1.807, 2.05) is 0 Å². The van der Waals surface area contributed by atoms with Crippen LogP contribution in [0.4, 0.5) is 0 Å². The summed E-state index contributed by atoms with van der Waals surface area (Å²) in [5, 5.41) is 0. The molecular weight excluding hydrogens is 286 g/mol. The highest BCUT2D eigenvalue weighted by atomic mass is 31.1. The van der Waals surface area contributed by atoms with Crippen LogP contribution in [0.25, 0.3) is 0 Å². The van der Waals surface area contributed by atoms with Crippen LogP contribution in [0.15, 0.2) is 0 Å². The molecule has 0 amide bonds. The van der Waals surface area contributed by atoms with Gasteiger partial charge in [0, 0.05) is 11.8 Å². The Morgan fingerprint density at radius 2 is 0.950 bits per heavy atom. The van der Waals surface area contributed by atoms with Gasteiger partial charge in [-0.1, -0.05) is 22.0 Å². The van der Waals surface area contributed by atoms with Crippen LogP contribution < -0.4 is 0 Å². The SMILES string of the molecule is O=[P+]1CCC2CCCC2C[P+](=O)CCC2CCCC2C1. The zero-order valence-corrected chi connectivity index (χ0v) is 14.3. The van der Waals surface area contributed by atoms with Crippen LogP contribution in [0.2, 0.25) is 0 Å². The normalized spacial score (nSPS) is 43.4. The van der Waals surface area contributed by atoms with Crippen LogP contribution in [0, 0.1) is 23.7 Å². The van der Waals surface area contributed by atoms with Gasteiger partial charge >= 0.3 is 15.6 Å². The molecule has 112 valence electrons. The third-order valence-corrected chi connectivity index (χ3v) is 9.27. The van der Waals surface area contributed by atoms with E-state index in [1.165, 1.54) is 38.5 Å². The smallest absolute Gasteiger partial charge is 0.0748 e. The molecule has 2 aliphatic carbocycles. The average molecular weight is 314 g/mol. The number of fused-ring (bicyclic) bond motifs is 2. The van der Waals surface area contributed by atoms with Crippen molar-refractivity contribution in [3.05, 3.63) is 0 Å². The summed E-state index contributed by atoms with van der Waals surface area (Å²) in [5.41, 5.74) is 0. The lowest BCUT2D eigenvalue weighted by molar-refractivity contribution is 0.392. The van der Waals surface area contributed by atoms with Gasteiger partial charge in [0.25, 0.3) is 0 Å². The van der Waals surface area contributed by atoms with E-state index >= 15 is 0 Å². The maximum atomic E-state index is 12.4. The van der Waals surface area contributed by atoms with Gasteiger partial charge in [-0.3, -0.25) is 0 Å². The minimum absolute atomic E-state index is 0.681. The van der Waals surface area contributed by atoms with Gasteiger partial charge < -0.3 is 0 Å². The van der Waals surface area contributed by atoms with Crippen LogP contribution in [0.1, 0.15) is 51.4 Å². The molecule has 3 rings (SSSR count). The minimum Gasteiger partial charge on any atom is -0.0748 e. The summed E-state index contributed by atoms with van der Waals surface area (Å²) in [6, 6.07) is 0. The molecule has 4 heteroatoms. The molecule has 0 N–H and O–H groups in total. The third kappa shape index (κ3) is 3.69. The predicted molar refractivity (Wildman–Crippen MR) is 85.6 cm³/mol. The summed E-state index contributed by atoms with van der Waals surface area (Å²) in [5.74, 6) is 2.82. The van der Waals surface area contributed by atoms with Crippen molar-refractivity contribution >= 4 is 15.6 Å². The standard InChI is InChI=1S/C16H28O2P2/c17-19-10-8-14-4-2-6-16(14)12-20(18)9-7-13-3-1-5-15(13)11-19/h13-16H,1-12H2/q+2. The Kier molecular flexibility index (Phi) is 5.27. The molecule has 20 heavy (non-hydrogen) atoms. The predicted octanol–water partition coefficient (Wildman–Crippen LogP) is 5.27. The highest BCUT2D eigenvalue weighted by Gasteiger charge is 2.39. The summed E-state index contributed by atoms with van der Waals surface area (Å²) in [6.45, 7) is 0. The Balaban J connectivity index is 1.67. The van der Waals surface area contributed by atoms with E-state index in [0.717, 1.165) is 49.3 Å². The Morgan fingerprint density at radius 3 is 1.40 bits per heavy atom. The first-order valence-corrected chi connectivity index (χ1v) is 11.8. The lowest BCUT2D eigenvalue weighted by Gasteiger charge is -2.17. The van der Waals surface area contributed by atoms with Crippen molar-refractivity contribution < 1.29 is 9.13 Å². The van der Waals surface area contributed by atoms with Gasteiger partial charge in [-0.25, -0.2) is 0 Å². The summed E-state index contributed by atoms with van der Waals surface area (Å²) in [6.07, 6.45) is 13.8. The molecule has 1 aliphatic heterocycles. The van der Waals surface area contributed by atoms with Gasteiger partial charge in [0.1, 0.15) is 24.6 Å². The molecule has 0 radical (unpaired) electrons. The fourth-order valence-corrected chi connectivity index (χ4v) is 8.41. The highest BCUT2D eigenvalue weighted by molar-refractivity contribution is 7.45. The fourth-order valence-electron chi connectivity index (χ4n) is 4.79. The fraction of sp³-hybridized carbons (Fsp3) is 1.00. The minimum atomic E-state index is -0.974. The molecule has 3 aliphatic rings. The molecule has 0 aromatic heterocycles. The molecule has 3 fully saturated rings. The summed E-state index contributed by atoms with van der Waals surface area (Å²) in [4.78, 5) is 0. The van der Waals surface area contributed by atoms with Gasteiger partial charge in [-0.15, -0.1) is 0 Å². The van der Waals surface area contributed by atoms with Gasteiger partial charge in [-0.05, 0) is 50.4 Å². The third-order valence-electron chi connectivity index (χ3n) is 6.01. The first-order valence-electron chi connectivity index (χ1n) is 8.56. The second kappa shape index (κ2) is 6.97. The van der Waals surface area contributed by atoms with Crippen molar-refractivity contribution in [3.63, 3.8) is 0 Å². The Bertz CT molecular complexity index is 347. The largest absolute Gasteiger partial charge is 0.338 e. The Hall–Kier alpha value is 0.200. The van der Waals surface area contributed by atoms with E-state index in [4.69, 9.17) is 0 Å². The maximum Gasteiger partial charge on any atom is 0.338 e. The van der Waals surface area contributed by atoms with Crippen molar-refractivity contribution in [2.75, 3.05) is 24.6 Å². The molecule has 0 aromatic carbocycles. The van der Waals surface area contributed by atoms with Crippen molar-refractivity contribution in [1.82, 2.24) is 0 Å². The second-order valence-corrected chi connectivity index (χ2v) is 10.8. The molecule has 2 saturated carbocycles. The average Bonchev–Trinajstić information content (AvgIpc) is 3.02. The van der Waals surface area contributed by atoms with Crippen molar-refractivity contribution in [2.45, 2.75) is 51.4 Å². The first-order chi connectivity index (χ1) is 9.72. The van der Waals surface area contributed by atoms with Gasteiger partial charge in [0.15, 0.2) is 0 Å². The molecule has 1 saturated heterocycles. The van der Waals surface area contributed by atoms with E-state index in [-0.39, 0.29) is 0 Å². The van der Waals surface area contributed by atoms with E-state index in [1.54, 1.807) is 0 Å². The van der Waals surface area contributed by atoms with E-state index in [9.17, 15) is 9.13 Å². The monoisotopic (exact) mass is 314 g/mol.